The molecule has 0 saturated heterocycles. The van der Waals surface area contributed by atoms with E-state index < -0.39 is 0 Å². The van der Waals surface area contributed by atoms with Crippen LogP contribution in [0.1, 0.15) is 22.1 Å². The van der Waals surface area contributed by atoms with Gasteiger partial charge in [-0.05, 0) is 41.3 Å². The number of benzene rings is 3. The molecule has 21 heavy (non-hydrogen) atoms. The highest BCUT2D eigenvalue weighted by Gasteiger charge is 2.13. The van der Waals surface area contributed by atoms with Crippen molar-refractivity contribution in [2.45, 2.75) is 18.7 Å². The average molecular weight is 360 g/mol. The monoisotopic (exact) mass is 358 g/mol. The predicted octanol–water partition coefficient (Wildman–Crippen LogP) is 6.43. The highest BCUT2D eigenvalue weighted by Crippen LogP contribution is 2.32. The summed E-state index contributed by atoms with van der Waals surface area (Å²) in [5, 5.41) is 2.51. The summed E-state index contributed by atoms with van der Waals surface area (Å²) in [7, 11) is 0. The van der Waals surface area contributed by atoms with Crippen molar-refractivity contribution in [2.75, 3.05) is 0 Å². The van der Waals surface area contributed by atoms with Crippen LogP contribution in [0.25, 0.3) is 10.8 Å². The van der Waals surface area contributed by atoms with Crippen LogP contribution in [0.4, 0.5) is 0 Å². The van der Waals surface area contributed by atoms with E-state index in [0.717, 1.165) is 16.5 Å². The molecule has 0 aliphatic carbocycles. The first-order valence-corrected chi connectivity index (χ1v) is 8.24. The van der Waals surface area contributed by atoms with Crippen LogP contribution in [0.5, 0.6) is 0 Å². The molecule has 0 amide bonds. The molecule has 0 aliphatic heterocycles. The van der Waals surface area contributed by atoms with E-state index in [4.69, 9.17) is 11.6 Å². The van der Waals surface area contributed by atoms with E-state index in [9.17, 15) is 0 Å². The van der Waals surface area contributed by atoms with E-state index in [2.05, 4.69) is 83.5 Å². The molecule has 0 bridgehead atoms. The fourth-order valence-electron chi connectivity index (χ4n) is 2.59. The largest absolute Gasteiger partial charge is 0.117 e. The molecule has 0 fully saturated rings. The highest BCUT2D eigenvalue weighted by atomic mass is 79.9. The first-order chi connectivity index (χ1) is 10.1. The van der Waals surface area contributed by atoms with Gasteiger partial charge in [-0.1, -0.05) is 76.1 Å². The van der Waals surface area contributed by atoms with Crippen molar-refractivity contribution in [3.63, 3.8) is 0 Å². The lowest BCUT2D eigenvalue weighted by Gasteiger charge is -2.13. The van der Waals surface area contributed by atoms with Gasteiger partial charge in [-0.2, -0.15) is 0 Å². The molecule has 0 radical (unpaired) electrons. The fourth-order valence-corrected chi connectivity index (χ4v) is 3.60. The Balaban J connectivity index is 1.88. The minimum absolute atomic E-state index is 0.0274. The lowest BCUT2D eigenvalue weighted by atomic mass is 10.00. The Kier molecular flexibility index (Phi) is 4.32. The lowest BCUT2D eigenvalue weighted by Crippen LogP contribution is -1.98. The van der Waals surface area contributed by atoms with Gasteiger partial charge in [0, 0.05) is 4.47 Å². The first-order valence-electron chi connectivity index (χ1n) is 7.01. The molecule has 0 saturated carbocycles. The molecule has 0 N–H and O–H groups in total. The van der Waals surface area contributed by atoms with Crippen molar-refractivity contribution < 1.29 is 0 Å². The fraction of sp³-hybridized carbons (Fsp3) is 0.158. The van der Waals surface area contributed by atoms with E-state index in [-0.39, 0.29) is 5.38 Å². The quantitative estimate of drug-likeness (QED) is 0.472. The zero-order chi connectivity index (χ0) is 14.8. The Bertz CT molecular complexity index is 779. The standard InChI is InChI=1S/C19H16BrCl/c1-13-6-9-18(20)17(10-13)19(21)12-14-7-8-15-4-2-3-5-16(15)11-14/h2-11,19H,12H2,1H3. The minimum atomic E-state index is -0.0274. The van der Waals surface area contributed by atoms with Crippen LogP contribution in [0, 0.1) is 6.92 Å². The zero-order valence-corrected chi connectivity index (χ0v) is 14.2. The first kappa shape index (κ1) is 14.6. The summed E-state index contributed by atoms with van der Waals surface area (Å²) in [4.78, 5) is 0. The zero-order valence-electron chi connectivity index (χ0n) is 11.8. The van der Waals surface area contributed by atoms with Gasteiger partial charge >= 0.3 is 0 Å². The summed E-state index contributed by atoms with van der Waals surface area (Å²) in [6, 6.07) is 21.3. The lowest BCUT2D eigenvalue weighted by molar-refractivity contribution is 0.914. The van der Waals surface area contributed by atoms with Crippen molar-refractivity contribution in [2.24, 2.45) is 0 Å². The summed E-state index contributed by atoms with van der Waals surface area (Å²) in [5.74, 6) is 0. The highest BCUT2D eigenvalue weighted by molar-refractivity contribution is 9.10. The summed E-state index contributed by atoms with van der Waals surface area (Å²) in [6.45, 7) is 2.09. The molecule has 0 spiro atoms. The summed E-state index contributed by atoms with van der Waals surface area (Å²) in [6.07, 6.45) is 0.828. The van der Waals surface area contributed by atoms with Gasteiger partial charge in [-0.3, -0.25) is 0 Å². The number of hydrogen-bond acceptors (Lipinski definition) is 0. The Morgan fingerprint density at radius 3 is 2.52 bits per heavy atom. The Labute approximate surface area is 138 Å². The second-order valence-electron chi connectivity index (χ2n) is 5.38. The molecule has 1 atom stereocenters. The topological polar surface area (TPSA) is 0 Å². The maximum absolute atomic E-state index is 6.64. The van der Waals surface area contributed by atoms with Crippen LogP contribution >= 0.6 is 27.5 Å². The molecule has 3 aromatic carbocycles. The molecular weight excluding hydrogens is 344 g/mol. The number of aryl methyl sites for hydroxylation is 1. The molecule has 3 aromatic rings. The van der Waals surface area contributed by atoms with Crippen LogP contribution in [-0.2, 0) is 6.42 Å². The van der Waals surface area contributed by atoms with Gasteiger partial charge in [0.15, 0.2) is 0 Å². The number of alkyl halides is 1. The summed E-state index contributed by atoms with van der Waals surface area (Å²) >= 11 is 10.2. The van der Waals surface area contributed by atoms with Crippen molar-refractivity contribution in [1.29, 1.82) is 0 Å². The smallest absolute Gasteiger partial charge is 0.0636 e. The Morgan fingerprint density at radius 1 is 0.952 bits per heavy atom. The normalized spacial score (nSPS) is 12.5. The number of rotatable bonds is 3. The molecule has 106 valence electrons. The van der Waals surface area contributed by atoms with E-state index in [1.807, 2.05) is 0 Å². The molecule has 1 unspecified atom stereocenters. The molecule has 0 heterocycles. The second-order valence-corrected chi connectivity index (χ2v) is 6.76. The van der Waals surface area contributed by atoms with Crippen LogP contribution in [0.15, 0.2) is 65.1 Å². The van der Waals surface area contributed by atoms with Crippen molar-refractivity contribution in [3.05, 3.63) is 81.8 Å². The average Bonchev–Trinajstić information content (AvgIpc) is 2.49. The summed E-state index contributed by atoms with van der Waals surface area (Å²) < 4.78 is 1.08. The predicted molar refractivity (Wildman–Crippen MR) is 95.1 cm³/mol. The third-order valence-electron chi connectivity index (χ3n) is 3.72. The van der Waals surface area contributed by atoms with Crippen molar-refractivity contribution >= 4 is 38.3 Å². The van der Waals surface area contributed by atoms with Crippen LogP contribution in [0.2, 0.25) is 0 Å². The van der Waals surface area contributed by atoms with Crippen LogP contribution < -0.4 is 0 Å². The number of halogens is 2. The molecule has 0 nitrogen and oxygen atoms in total. The van der Waals surface area contributed by atoms with Gasteiger partial charge in [-0.15, -0.1) is 11.6 Å². The molecular formula is C19H16BrCl. The second kappa shape index (κ2) is 6.21. The number of hydrogen-bond donors (Lipinski definition) is 0. The summed E-state index contributed by atoms with van der Waals surface area (Å²) in [5.41, 5.74) is 3.66. The van der Waals surface area contributed by atoms with Gasteiger partial charge < -0.3 is 0 Å². The van der Waals surface area contributed by atoms with Crippen LogP contribution in [-0.4, -0.2) is 0 Å². The van der Waals surface area contributed by atoms with E-state index in [0.29, 0.717) is 0 Å². The van der Waals surface area contributed by atoms with Crippen molar-refractivity contribution in [1.82, 2.24) is 0 Å². The van der Waals surface area contributed by atoms with Gasteiger partial charge in [0.2, 0.25) is 0 Å². The van der Waals surface area contributed by atoms with Crippen molar-refractivity contribution in [3.8, 4) is 0 Å². The van der Waals surface area contributed by atoms with E-state index >= 15 is 0 Å². The molecule has 2 heteroatoms. The Morgan fingerprint density at radius 2 is 1.71 bits per heavy atom. The number of fused-ring (bicyclic) bond motifs is 1. The van der Waals surface area contributed by atoms with Crippen LogP contribution in [0.3, 0.4) is 0 Å². The van der Waals surface area contributed by atoms with E-state index in [1.54, 1.807) is 0 Å². The van der Waals surface area contributed by atoms with E-state index in [1.165, 1.54) is 21.9 Å². The third-order valence-corrected chi connectivity index (χ3v) is 4.83. The SMILES string of the molecule is Cc1ccc(Br)c(C(Cl)Cc2ccc3ccccc3c2)c1. The maximum atomic E-state index is 6.64. The maximum Gasteiger partial charge on any atom is 0.0636 e. The minimum Gasteiger partial charge on any atom is -0.117 e. The van der Waals surface area contributed by atoms with Gasteiger partial charge in [-0.25, -0.2) is 0 Å². The molecule has 3 rings (SSSR count). The molecule has 0 aromatic heterocycles. The van der Waals surface area contributed by atoms with Gasteiger partial charge in [0.05, 0.1) is 5.38 Å². The third kappa shape index (κ3) is 3.30. The van der Waals surface area contributed by atoms with Gasteiger partial charge in [0.25, 0.3) is 0 Å². The Hall–Kier alpha value is -1.31. The van der Waals surface area contributed by atoms with Gasteiger partial charge in [0.1, 0.15) is 0 Å². The molecule has 0 aliphatic rings.